The van der Waals surface area contributed by atoms with Crippen molar-refractivity contribution in [2.45, 2.75) is 70.8 Å². The smallest absolute Gasteiger partial charge is 0.147 e. The molecule has 27 heavy (non-hydrogen) atoms. The first-order valence-corrected chi connectivity index (χ1v) is 20.8. The monoisotopic (exact) mass is 481 g/mol. The molecule has 0 radical (unpaired) electrons. The van der Waals surface area contributed by atoms with Crippen LogP contribution in [0.5, 0.6) is 5.75 Å². The van der Waals surface area contributed by atoms with Crippen LogP contribution >= 0.6 is 24.8 Å². The van der Waals surface area contributed by atoms with Gasteiger partial charge in [-0.3, -0.25) is 0 Å². The second-order valence-electron chi connectivity index (χ2n) is 10.3. The van der Waals surface area contributed by atoms with E-state index in [-0.39, 0.29) is 30.2 Å². The molecule has 0 saturated carbocycles. The zero-order valence-electron chi connectivity index (χ0n) is 19.1. The molecular formula is C21H39Cl2OSi2Ti. The van der Waals surface area contributed by atoms with Gasteiger partial charge < -0.3 is 0 Å². The standard InChI is InChI=1S/C13H22OSi.C6H7.2CH3.2ClH.H3Si.Ti/c1-7-8(2)10(13(4,5)6)12(15)11(14)9(7)3;1-6-4-2-3-5-6;;;;;;/h14H,1-6,15H3;2,4H,3H2,1H3;2*1H3;2*1H;1H3;/q;;;;;;;+1/p-1. The van der Waals surface area contributed by atoms with Crippen LogP contribution in [0, 0.1) is 20.8 Å². The second kappa shape index (κ2) is 8.53. The molecular weight excluding hydrogens is 443 g/mol. The molecule has 1 aliphatic carbocycles. The van der Waals surface area contributed by atoms with Crippen LogP contribution in [-0.4, -0.2) is 18.4 Å². The maximum absolute atomic E-state index is 7.17. The maximum Gasteiger partial charge on any atom is -0.147 e. The molecule has 1 aliphatic rings. The van der Waals surface area contributed by atoms with Gasteiger partial charge in [-0.1, -0.05) is 0 Å². The van der Waals surface area contributed by atoms with Gasteiger partial charge in [0.25, 0.3) is 0 Å². The number of halogens is 2. The molecule has 1 nitrogen and oxygen atoms in total. The van der Waals surface area contributed by atoms with Crippen molar-refractivity contribution in [1.82, 2.24) is 0 Å². The second-order valence-corrected chi connectivity index (χ2v) is 33.8. The number of benzene rings is 1. The fourth-order valence-corrected chi connectivity index (χ4v) is 15.2. The largest absolute Gasteiger partial charge is 0.147 e. The molecule has 0 fully saturated rings. The normalized spacial score (nSPS) is 16.0. The molecule has 0 atom stereocenters. The fourth-order valence-electron chi connectivity index (χ4n) is 4.65. The van der Waals surface area contributed by atoms with Crippen LogP contribution < -0.4 is 8.51 Å². The molecule has 0 aromatic heterocycles. The number of hydrogen-bond donors (Lipinski definition) is 0. The average molecular weight is 482 g/mol. The van der Waals surface area contributed by atoms with E-state index in [0.717, 1.165) is 24.8 Å². The molecule has 0 N–H and O–H groups in total. The average Bonchev–Trinajstić information content (AvgIpc) is 2.87. The minimum Gasteiger partial charge on any atom is -0.147 e. The number of hydrogen-bond acceptors (Lipinski definition) is 1. The van der Waals surface area contributed by atoms with Crippen LogP contribution in [0.1, 0.15) is 56.4 Å². The third-order valence-corrected chi connectivity index (χ3v) is 15.8. The van der Waals surface area contributed by atoms with Gasteiger partial charge in [0.05, 0.1) is 0 Å². The molecule has 0 unspecified atom stereocenters. The summed E-state index contributed by atoms with van der Waals surface area (Å²) in [6.45, 7) is 16.1. The Balaban J connectivity index is 0.00000338. The molecule has 2 rings (SSSR count). The summed E-state index contributed by atoms with van der Waals surface area (Å²) in [4.78, 5) is 0. The molecule has 0 amide bonds. The Morgan fingerprint density at radius 2 is 1.48 bits per heavy atom. The van der Waals surface area contributed by atoms with Crippen molar-refractivity contribution in [2.24, 2.45) is 0 Å². The van der Waals surface area contributed by atoms with E-state index in [1.165, 1.54) is 38.8 Å². The fraction of sp³-hybridized carbons (Fsp3) is 0.524. The van der Waals surface area contributed by atoms with Crippen molar-refractivity contribution in [2.75, 3.05) is 0 Å². The summed E-state index contributed by atoms with van der Waals surface area (Å²) >= 11 is -3.06. The van der Waals surface area contributed by atoms with Crippen LogP contribution in [0.2, 0.25) is 10.5 Å². The summed E-state index contributed by atoms with van der Waals surface area (Å²) in [7, 11) is 2.17. The summed E-state index contributed by atoms with van der Waals surface area (Å²) in [5.41, 5.74) is 7.40. The number of rotatable bonds is 3. The number of allylic oxidation sites excluding steroid dienone is 4. The predicted octanol–water partition coefficient (Wildman–Crippen LogP) is 4.34. The van der Waals surface area contributed by atoms with Crippen molar-refractivity contribution < 1.29 is 18.3 Å². The van der Waals surface area contributed by atoms with Gasteiger partial charge in [-0.05, 0) is 0 Å². The molecule has 6 heteroatoms. The van der Waals surface area contributed by atoms with Gasteiger partial charge in [0, 0.05) is 0 Å². The maximum atomic E-state index is 7.17. The van der Waals surface area contributed by atoms with Gasteiger partial charge in [0.15, 0.2) is 0 Å². The molecule has 0 saturated heterocycles. The Kier molecular flexibility index (Phi) is 8.61. The van der Waals surface area contributed by atoms with E-state index in [0.29, 0.717) is 0 Å². The van der Waals surface area contributed by atoms with Gasteiger partial charge in [-0.15, -0.1) is 24.8 Å². The van der Waals surface area contributed by atoms with Crippen molar-refractivity contribution >= 4 is 48.4 Å². The minimum absolute atomic E-state index is 0. The Labute approximate surface area is 186 Å². The van der Waals surface area contributed by atoms with Crippen LogP contribution in [-0.2, 0) is 20.4 Å². The third-order valence-electron chi connectivity index (χ3n) is 5.96. The van der Waals surface area contributed by atoms with Crippen LogP contribution in [0.25, 0.3) is 0 Å². The molecule has 0 aliphatic heterocycles. The molecule has 0 heterocycles. The first-order chi connectivity index (χ1) is 11.1. The van der Waals surface area contributed by atoms with E-state index < -0.39 is 14.9 Å². The molecule has 0 bridgehead atoms. The zero-order valence-corrected chi connectivity index (χ0v) is 26.3. The van der Waals surface area contributed by atoms with Crippen LogP contribution in [0.15, 0.2) is 21.6 Å². The third kappa shape index (κ3) is 5.24. The topological polar surface area (TPSA) is 9.23 Å². The quantitative estimate of drug-likeness (QED) is 0.583. The van der Waals surface area contributed by atoms with E-state index >= 15 is 0 Å². The van der Waals surface area contributed by atoms with Crippen LogP contribution in [0.4, 0.5) is 0 Å². The van der Waals surface area contributed by atoms with Crippen molar-refractivity contribution in [3.63, 3.8) is 0 Å². The summed E-state index contributed by atoms with van der Waals surface area (Å²) in [6.07, 6.45) is 5.71. The summed E-state index contributed by atoms with van der Waals surface area (Å²) in [5.74, 6) is 1.24. The van der Waals surface area contributed by atoms with Gasteiger partial charge >= 0.3 is 162 Å². The van der Waals surface area contributed by atoms with E-state index in [4.69, 9.17) is 3.32 Å². The van der Waals surface area contributed by atoms with Crippen molar-refractivity contribution in [1.29, 1.82) is 0 Å². The first kappa shape index (κ1) is 27.2. The van der Waals surface area contributed by atoms with Crippen molar-refractivity contribution in [3.8, 4) is 5.75 Å². The summed E-state index contributed by atoms with van der Waals surface area (Å²) in [5, 5.41) is 6.47. The van der Waals surface area contributed by atoms with E-state index in [1.54, 1.807) is 3.88 Å². The predicted molar refractivity (Wildman–Crippen MR) is 132 cm³/mol. The Hall–Kier alpha value is 0.228. The van der Waals surface area contributed by atoms with Gasteiger partial charge in [-0.2, -0.15) is 0 Å². The van der Waals surface area contributed by atoms with E-state index in [9.17, 15) is 0 Å². The van der Waals surface area contributed by atoms with Crippen LogP contribution in [0.3, 0.4) is 0 Å². The van der Waals surface area contributed by atoms with E-state index in [1.807, 2.05) is 0 Å². The Bertz CT molecular complexity index is 797. The summed E-state index contributed by atoms with van der Waals surface area (Å²) in [6, 6.07) is 0. The van der Waals surface area contributed by atoms with E-state index in [2.05, 4.69) is 71.1 Å². The molecule has 1 aromatic carbocycles. The SMILES string of the molecule is CC1=[C]([Ti]([CH3])([CH3])([SiH3])[O]c2c(C)c(C)c(C)c(C(C)(C)C)c2[SiH3])CC=C1.Cl.Cl. The van der Waals surface area contributed by atoms with Gasteiger partial charge in [-0.25, -0.2) is 0 Å². The molecule has 155 valence electrons. The van der Waals surface area contributed by atoms with Crippen molar-refractivity contribution in [3.05, 3.63) is 43.9 Å². The zero-order chi connectivity index (χ0) is 19.4. The molecule has 0 spiro atoms. The Morgan fingerprint density at radius 3 is 1.89 bits per heavy atom. The molecule has 1 aromatic rings. The van der Waals surface area contributed by atoms with Gasteiger partial charge in [0.1, 0.15) is 0 Å². The Morgan fingerprint density at radius 1 is 0.963 bits per heavy atom. The summed E-state index contributed by atoms with van der Waals surface area (Å²) < 4.78 is 8.81. The minimum atomic E-state index is -3.06. The first-order valence-electron chi connectivity index (χ1n) is 9.54. The van der Waals surface area contributed by atoms with Gasteiger partial charge in [0.2, 0.25) is 0 Å².